The number of ether oxygens (including phenoxy) is 1. The fraction of sp³-hybridized carbons (Fsp3) is 1.00. The molecule has 0 heterocycles. The third-order valence-corrected chi connectivity index (χ3v) is 4.66. The highest BCUT2D eigenvalue weighted by Crippen LogP contribution is 2.40. The molecular weight excluding hydrogens is 212 g/mol. The third kappa shape index (κ3) is 3.21. The Morgan fingerprint density at radius 1 is 1.41 bits per heavy atom. The summed E-state index contributed by atoms with van der Waals surface area (Å²) in [4.78, 5) is 0. The molecule has 1 saturated carbocycles. The van der Waals surface area contributed by atoms with E-state index in [2.05, 4.69) is 26.2 Å². The van der Waals surface area contributed by atoms with Crippen molar-refractivity contribution in [3.05, 3.63) is 0 Å². The normalized spacial score (nSPS) is 31.8. The van der Waals surface area contributed by atoms with Crippen LogP contribution in [0.3, 0.4) is 0 Å². The van der Waals surface area contributed by atoms with Crippen LogP contribution in [-0.4, -0.2) is 18.8 Å². The lowest BCUT2D eigenvalue weighted by molar-refractivity contribution is -0.0934. The maximum atomic E-state index is 5.94. The summed E-state index contributed by atoms with van der Waals surface area (Å²) in [7, 11) is 1.85. The summed E-state index contributed by atoms with van der Waals surface area (Å²) in [5, 5.41) is 0. The van der Waals surface area contributed by atoms with E-state index in [0.717, 1.165) is 31.6 Å². The Kier molecular flexibility index (Phi) is 5.90. The molecule has 0 spiro atoms. The number of hydrazine groups is 1. The van der Waals surface area contributed by atoms with E-state index >= 15 is 0 Å². The minimum absolute atomic E-state index is 0.0525. The van der Waals surface area contributed by atoms with Gasteiger partial charge >= 0.3 is 0 Å². The molecule has 1 aliphatic rings. The molecule has 3 unspecified atom stereocenters. The van der Waals surface area contributed by atoms with Crippen molar-refractivity contribution in [1.29, 1.82) is 0 Å². The number of nitrogens with two attached hydrogens (primary N) is 1. The zero-order chi connectivity index (χ0) is 12.9. The van der Waals surface area contributed by atoms with Gasteiger partial charge in [-0.05, 0) is 24.7 Å². The van der Waals surface area contributed by atoms with Crippen LogP contribution in [0.4, 0.5) is 0 Å². The molecule has 1 rings (SSSR count). The predicted octanol–water partition coefficient (Wildman–Crippen LogP) is 2.85. The fourth-order valence-corrected chi connectivity index (χ4v) is 3.62. The van der Waals surface area contributed by atoms with Crippen molar-refractivity contribution in [3.8, 4) is 0 Å². The van der Waals surface area contributed by atoms with Gasteiger partial charge in [0, 0.05) is 7.11 Å². The van der Waals surface area contributed by atoms with Crippen molar-refractivity contribution in [2.75, 3.05) is 7.11 Å². The Balaban J connectivity index is 2.87. The molecule has 17 heavy (non-hydrogen) atoms. The van der Waals surface area contributed by atoms with Gasteiger partial charge in [0.1, 0.15) is 0 Å². The third-order valence-electron chi connectivity index (χ3n) is 4.66. The van der Waals surface area contributed by atoms with Crippen LogP contribution >= 0.6 is 0 Å². The van der Waals surface area contributed by atoms with Crippen LogP contribution in [0, 0.1) is 11.8 Å². The molecular formula is C14H30N2O. The first-order chi connectivity index (χ1) is 8.13. The minimum atomic E-state index is -0.0525. The summed E-state index contributed by atoms with van der Waals surface area (Å²) in [6, 6.07) is 0.283. The summed E-state index contributed by atoms with van der Waals surface area (Å²) < 4.78 is 5.94. The van der Waals surface area contributed by atoms with Gasteiger partial charge < -0.3 is 4.74 Å². The Morgan fingerprint density at radius 2 is 2.06 bits per heavy atom. The van der Waals surface area contributed by atoms with E-state index in [9.17, 15) is 0 Å². The molecule has 0 aromatic rings. The van der Waals surface area contributed by atoms with E-state index in [-0.39, 0.29) is 11.6 Å². The lowest BCUT2D eigenvalue weighted by Gasteiger charge is -2.47. The second-order valence-electron chi connectivity index (χ2n) is 5.69. The van der Waals surface area contributed by atoms with Crippen molar-refractivity contribution in [1.82, 2.24) is 5.43 Å². The van der Waals surface area contributed by atoms with Crippen LogP contribution < -0.4 is 11.3 Å². The molecule has 0 bridgehead atoms. The van der Waals surface area contributed by atoms with E-state index in [0.29, 0.717) is 5.92 Å². The summed E-state index contributed by atoms with van der Waals surface area (Å²) in [6.45, 7) is 6.82. The molecule has 0 radical (unpaired) electrons. The van der Waals surface area contributed by atoms with E-state index in [4.69, 9.17) is 10.6 Å². The average molecular weight is 242 g/mol. The highest BCUT2D eigenvalue weighted by molar-refractivity contribution is 4.98. The van der Waals surface area contributed by atoms with Gasteiger partial charge in [0.05, 0.1) is 11.6 Å². The highest BCUT2D eigenvalue weighted by Gasteiger charge is 2.44. The number of methoxy groups -OCH3 is 1. The number of rotatable bonds is 6. The van der Waals surface area contributed by atoms with Crippen molar-refractivity contribution >= 4 is 0 Å². The van der Waals surface area contributed by atoms with Crippen LogP contribution in [0.2, 0.25) is 0 Å². The molecule has 0 aromatic heterocycles. The second kappa shape index (κ2) is 6.72. The van der Waals surface area contributed by atoms with E-state index in [1.54, 1.807) is 0 Å². The van der Waals surface area contributed by atoms with Gasteiger partial charge in [0.2, 0.25) is 0 Å². The molecule has 3 nitrogen and oxygen atoms in total. The molecule has 1 aliphatic carbocycles. The summed E-state index contributed by atoms with van der Waals surface area (Å²) >= 11 is 0. The fourth-order valence-electron chi connectivity index (χ4n) is 3.62. The van der Waals surface area contributed by atoms with Gasteiger partial charge in [-0.1, -0.05) is 46.5 Å². The first kappa shape index (κ1) is 14.9. The summed E-state index contributed by atoms with van der Waals surface area (Å²) in [6.07, 6.45) is 7.17. The quantitative estimate of drug-likeness (QED) is 0.556. The maximum Gasteiger partial charge on any atom is 0.0849 e. The maximum absolute atomic E-state index is 5.94. The van der Waals surface area contributed by atoms with Crippen molar-refractivity contribution in [2.24, 2.45) is 17.7 Å². The molecule has 0 saturated heterocycles. The second-order valence-corrected chi connectivity index (χ2v) is 5.69. The molecule has 3 heteroatoms. The van der Waals surface area contributed by atoms with Crippen LogP contribution in [0.15, 0.2) is 0 Å². The molecule has 0 aliphatic heterocycles. The summed E-state index contributed by atoms with van der Waals surface area (Å²) in [5.41, 5.74) is 3.01. The minimum Gasteiger partial charge on any atom is -0.377 e. The van der Waals surface area contributed by atoms with Gasteiger partial charge in [-0.3, -0.25) is 11.3 Å². The Hall–Kier alpha value is -0.120. The summed E-state index contributed by atoms with van der Waals surface area (Å²) in [5.74, 6) is 7.18. The van der Waals surface area contributed by atoms with Crippen LogP contribution in [-0.2, 0) is 4.74 Å². The van der Waals surface area contributed by atoms with Crippen molar-refractivity contribution in [2.45, 2.75) is 70.9 Å². The SMILES string of the molecule is CCC(CC)C(NN)C1(OC)CCCC(C)C1. The first-order valence-corrected chi connectivity index (χ1v) is 7.14. The first-order valence-electron chi connectivity index (χ1n) is 7.14. The Bertz CT molecular complexity index is 218. The van der Waals surface area contributed by atoms with Gasteiger partial charge in [0.15, 0.2) is 0 Å². The van der Waals surface area contributed by atoms with Gasteiger partial charge in [-0.25, -0.2) is 0 Å². The van der Waals surface area contributed by atoms with Crippen LogP contribution in [0.25, 0.3) is 0 Å². The molecule has 0 aromatic carbocycles. The topological polar surface area (TPSA) is 47.3 Å². The van der Waals surface area contributed by atoms with Gasteiger partial charge in [-0.2, -0.15) is 0 Å². The van der Waals surface area contributed by atoms with Crippen molar-refractivity contribution in [3.63, 3.8) is 0 Å². The lowest BCUT2D eigenvalue weighted by Crippen LogP contribution is -2.59. The smallest absolute Gasteiger partial charge is 0.0849 e. The Morgan fingerprint density at radius 3 is 2.47 bits per heavy atom. The lowest BCUT2D eigenvalue weighted by atomic mass is 9.70. The monoisotopic (exact) mass is 242 g/mol. The molecule has 102 valence electrons. The van der Waals surface area contributed by atoms with Crippen molar-refractivity contribution < 1.29 is 4.74 Å². The number of hydrogen-bond acceptors (Lipinski definition) is 3. The van der Waals surface area contributed by atoms with E-state index < -0.39 is 0 Å². The molecule has 3 N–H and O–H groups in total. The molecule has 3 atom stereocenters. The predicted molar refractivity (Wildman–Crippen MR) is 72.6 cm³/mol. The van der Waals surface area contributed by atoms with Crippen LogP contribution in [0.5, 0.6) is 0 Å². The standard InChI is InChI=1S/C14H30N2O/c1-5-12(6-2)13(16-15)14(17-4)9-7-8-11(3)10-14/h11-13,16H,5-10,15H2,1-4H3. The highest BCUT2D eigenvalue weighted by atomic mass is 16.5. The van der Waals surface area contributed by atoms with E-state index in [1.807, 2.05) is 7.11 Å². The average Bonchev–Trinajstić information content (AvgIpc) is 2.35. The zero-order valence-corrected chi connectivity index (χ0v) is 12.0. The molecule has 0 amide bonds. The zero-order valence-electron chi connectivity index (χ0n) is 12.0. The number of hydrogen-bond donors (Lipinski definition) is 2. The largest absolute Gasteiger partial charge is 0.377 e. The molecule has 1 fully saturated rings. The number of nitrogens with one attached hydrogen (secondary N) is 1. The van der Waals surface area contributed by atoms with Crippen LogP contribution in [0.1, 0.15) is 59.3 Å². The van der Waals surface area contributed by atoms with E-state index in [1.165, 1.54) is 12.8 Å². The van der Waals surface area contributed by atoms with Gasteiger partial charge in [-0.15, -0.1) is 0 Å². The Labute approximate surface area is 106 Å². The van der Waals surface area contributed by atoms with Gasteiger partial charge in [0.25, 0.3) is 0 Å².